The number of ether oxygens (including phenoxy) is 1. The van der Waals surface area contributed by atoms with Gasteiger partial charge in [-0.1, -0.05) is 24.3 Å². The van der Waals surface area contributed by atoms with E-state index in [4.69, 9.17) is 10.1 Å². The highest BCUT2D eigenvalue weighted by Gasteiger charge is 2.38. The number of fused-ring (bicyclic) bond motifs is 1. The second-order valence-electron chi connectivity index (χ2n) is 6.90. The van der Waals surface area contributed by atoms with Crippen molar-refractivity contribution in [1.82, 2.24) is 5.01 Å². The molecule has 2 aromatic carbocycles. The summed E-state index contributed by atoms with van der Waals surface area (Å²) < 4.78 is 28.8. The topological polar surface area (TPSA) is 155 Å². The Bertz CT molecular complexity index is 1380. The minimum atomic E-state index is -3.60. The fraction of sp³-hybridized carbons (Fsp3) is 0.100. The van der Waals surface area contributed by atoms with Crippen molar-refractivity contribution in [1.29, 1.82) is 5.41 Å². The number of nitrogens with one attached hydrogen (secondary N) is 1. The largest absolute Gasteiger partial charge is 0.489 e. The monoisotopic (exact) mass is 485 g/mol. The minimum Gasteiger partial charge on any atom is -0.489 e. The van der Waals surface area contributed by atoms with Crippen LogP contribution in [-0.2, 0) is 21.2 Å². The fourth-order valence-corrected chi connectivity index (χ4v) is 4.61. The number of nitro groups is 1. The molecule has 33 heavy (non-hydrogen) atoms. The van der Waals surface area contributed by atoms with Crippen molar-refractivity contribution in [3.8, 4) is 5.75 Å². The maximum Gasteiger partial charge on any atom is 0.283 e. The minimum absolute atomic E-state index is 0.00547. The van der Waals surface area contributed by atoms with Crippen LogP contribution in [0.3, 0.4) is 0 Å². The van der Waals surface area contributed by atoms with Gasteiger partial charge < -0.3 is 4.74 Å². The zero-order valence-electron chi connectivity index (χ0n) is 17.0. The number of benzene rings is 2. The number of amidine groups is 2. The van der Waals surface area contributed by atoms with Gasteiger partial charge in [0.15, 0.2) is 5.84 Å². The standard InChI is InChI=1S/C20H15N5O6S2/c1-33(29,30)20-23-24-17(21)15(18(26)22-19(24)32-20)10-12-6-8-14(9-7-12)31-11-13-4-2-3-5-16(13)25(27)28/h2-10,21H,11H2,1H3/b15-10+,21-17?. The van der Waals surface area contributed by atoms with E-state index in [9.17, 15) is 23.3 Å². The molecule has 2 heterocycles. The Labute approximate surface area is 192 Å². The SMILES string of the molecule is CS(=O)(=O)C1=NN2C(=N)/C(=C\c3ccc(OCc4ccccc4[N+](=O)[O-])cc3)C(=O)N=C2S1. The average molecular weight is 486 g/mol. The van der Waals surface area contributed by atoms with Gasteiger partial charge in [-0.15, -0.1) is 5.10 Å². The molecule has 4 rings (SSSR count). The summed E-state index contributed by atoms with van der Waals surface area (Å²) in [6.07, 6.45) is 2.43. The van der Waals surface area contributed by atoms with E-state index in [1.165, 1.54) is 12.1 Å². The predicted octanol–water partition coefficient (Wildman–Crippen LogP) is 2.80. The van der Waals surface area contributed by atoms with E-state index in [1.807, 2.05) is 0 Å². The Morgan fingerprint density at radius 3 is 2.58 bits per heavy atom. The Kier molecular flexibility index (Phi) is 5.82. The van der Waals surface area contributed by atoms with E-state index >= 15 is 0 Å². The zero-order chi connectivity index (χ0) is 23.8. The van der Waals surface area contributed by atoms with Gasteiger partial charge in [-0.25, -0.2) is 8.42 Å². The average Bonchev–Trinajstić information content (AvgIpc) is 3.21. The van der Waals surface area contributed by atoms with Crippen LogP contribution in [0.5, 0.6) is 5.75 Å². The molecule has 2 aliphatic heterocycles. The summed E-state index contributed by atoms with van der Waals surface area (Å²) in [6.45, 7) is 0.00547. The highest BCUT2D eigenvalue weighted by Crippen LogP contribution is 2.30. The molecule has 168 valence electrons. The summed E-state index contributed by atoms with van der Waals surface area (Å²) in [5, 5.41) is 24.3. The summed E-state index contributed by atoms with van der Waals surface area (Å²) in [7, 11) is -3.60. The Morgan fingerprint density at radius 2 is 1.91 bits per heavy atom. The molecule has 0 unspecified atom stereocenters. The van der Waals surface area contributed by atoms with E-state index in [0.29, 0.717) is 28.6 Å². The molecule has 1 amide bonds. The van der Waals surface area contributed by atoms with Crippen molar-refractivity contribution >= 4 is 54.6 Å². The number of hydrogen-bond donors (Lipinski definition) is 1. The first kappa shape index (κ1) is 22.4. The number of thioether (sulfide) groups is 1. The van der Waals surface area contributed by atoms with Crippen LogP contribution in [0.1, 0.15) is 11.1 Å². The van der Waals surface area contributed by atoms with Crippen LogP contribution in [0.4, 0.5) is 5.69 Å². The van der Waals surface area contributed by atoms with Crippen molar-refractivity contribution < 1.29 is 22.9 Å². The number of hydrazone groups is 1. The van der Waals surface area contributed by atoms with Crippen molar-refractivity contribution in [2.24, 2.45) is 10.1 Å². The molecule has 0 saturated carbocycles. The number of sulfone groups is 1. The summed E-state index contributed by atoms with van der Waals surface area (Å²) in [4.78, 5) is 26.9. The van der Waals surface area contributed by atoms with Crippen molar-refractivity contribution in [3.05, 3.63) is 75.3 Å². The Balaban J connectivity index is 1.50. The van der Waals surface area contributed by atoms with Gasteiger partial charge in [0.05, 0.1) is 16.1 Å². The number of hydrogen-bond acceptors (Lipinski definition) is 9. The number of rotatable bonds is 5. The second kappa shape index (κ2) is 8.60. The van der Waals surface area contributed by atoms with E-state index in [1.54, 1.807) is 42.5 Å². The van der Waals surface area contributed by atoms with Crippen LogP contribution in [-0.4, -0.2) is 45.9 Å². The van der Waals surface area contributed by atoms with Crippen LogP contribution in [0.2, 0.25) is 0 Å². The summed E-state index contributed by atoms with van der Waals surface area (Å²) >= 11 is 0.716. The summed E-state index contributed by atoms with van der Waals surface area (Å²) in [5.74, 6) is -0.507. The lowest BCUT2D eigenvalue weighted by molar-refractivity contribution is -0.385. The molecule has 11 nitrogen and oxygen atoms in total. The molecular formula is C20H15N5O6S2. The molecule has 0 aromatic heterocycles. The number of carbonyl (C=O) groups excluding carboxylic acids is 1. The lowest BCUT2D eigenvalue weighted by Gasteiger charge is -2.20. The number of carbonyl (C=O) groups is 1. The molecule has 0 fully saturated rings. The van der Waals surface area contributed by atoms with Gasteiger partial charge in [0.25, 0.3) is 11.6 Å². The Hall–Kier alpha value is -3.84. The molecule has 2 aliphatic rings. The molecule has 0 atom stereocenters. The number of aliphatic imine (C=N–C) groups is 1. The molecule has 2 aromatic rings. The first-order chi connectivity index (χ1) is 15.6. The maximum atomic E-state index is 12.4. The third kappa shape index (κ3) is 4.68. The van der Waals surface area contributed by atoms with Crippen molar-refractivity contribution in [3.63, 3.8) is 0 Å². The lowest BCUT2D eigenvalue weighted by atomic mass is 10.1. The van der Waals surface area contributed by atoms with Crippen LogP contribution in [0.25, 0.3) is 6.08 Å². The normalized spacial score (nSPS) is 17.0. The van der Waals surface area contributed by atoms with Crippen LogP contribution >= 0.6 is 11.8 Å². The highest BCUT2D eigenvalue weighted by molar-refractivity contribution is 8.42. The van der Waals surface area contributed by atoms with Crippen LogP contribution in [0.15, 0.2) is 64.2 Å². The molecule has 0 radical (unpaired) electrons. The van der Waals surface area contributed by atoms with Gasteiger partial charge in [0.1, 0.15) is 12.4 Å². The van der Waals surface area contributed by atoms with Gasteiger partial charge in [0.2, 0.25) is 19.4 Å². The van der Waals surface area contributed by atoms with E-state index in [2.05, 4.69) is 10.1 Å². The van der Waals surface area contributed by atoms with Crippen molar-refractivity contribution in [2.45, 2.75) is 6.61 Å². The van der Waals surface area contributed by atoms with Crippen LogP contribution < -0.4 is 4.74 Å². The highest BCUT2D eigenvalue weighted by atomic mass is 32.3. The summed E-state index contributed by atoms with van der Waals surface area (Å²) in [5.41, 5.74) is 0.918. The van der Waals surface area contributed by atoms with Gasteiger partial charge in [-0.2, -0.15) is 10.0 Å². The first-order valence-electron chi connectivity index (χ1n) is 9.29. The lowest BCUT2D eigenvalue weighted by Crippen LogP contribution is -2.35. The smallest absolute Gasteiger partial charge is 0.283 e. The Morgan fingerprint density at radius 1 is 1.21 bits per heavy atom. The third-order valence-electron chi connectivity index (χ3n) is 4.53. The van der Waals surface area contributed by atoms with Gasteiger partial charge in [-0.3, -0.25) is 20.3 Å². The molecule has 0 spiro atoms. The molecule has 0 aliphatic carbocycles. The predicted molar refractivity (Wildman–Crippen MR) is 124 cm³/mol. The first-order valence-corrected chi connectivity index (χ1v) is 12.0. The van der Waals surface area contributed by atoms with Crippen LogP contribution in [0, 0.1) is 15.5 Å². The molecule has 0 bridgehead atoms. The molecule has 0 saturated heterocycles. The van der Waals surface area contributed by atoms with Crippen molar-refractivity contribution in [2.75, 3.05) is 6.26 Å². The summed E-state index contributed by atoms with van der Waals surface area (Å²) in [6, 6.07) is 12.8. The van der Waals surface area contributed by atoms with Gasteiger partial charge >= 0.3 is 0 Å². The van der Waals surface area contributed by atoms with E-state index in [0.717, 1.165) is 11.3 Å². The van der Waals surface area contributed by atoms with E-state index < -0.39 is 20.7 Å². The molecule has 1 N–H and O–H groups in total. The number of nitrogens with zero attached hydrogens (tertiary/aromatic N) is 4. The molecule has 13 heteroatoms. The number of para-hydroxylation sites is 1. The third-order valence-corrected chi connectivity index (χ3v) is 7.10. The van der Waals surface area contributed by atoms with Gasteiger partial charge in [0, 0.05) is 12.3 Å². The maximum absolute atomic E-state index is 12.4. The number of nitro benzene ring substituents is 1. The van der Waals surface area contributed by atoms with E-state index in [-0.39, 0.29) is 33.2 Å². The zero-order valence-corrected chi connectivity index (χ0v) is 18.6. The number of amides is 1. The van der Waals surface area contributed by atoms with Gasteiger partial charge in [-0.05, 0) is 41.6 Å². The second-order valence-corrected chi connectivity index (χ2v) is 10.0. The fourth-order valence-electron chi connectivity index (χ4n) is 2.92. The quantitative estimate of drug-likeness (QED) is 0.385. The molecular weight excluding hydrogens is 470 g/mol.